The maximum Gasteiger partial charge on any atom is 0.188 e. The number of rotatable bonds is 6. The van der Waals surface area contributed by atoms with Crippen molar-refractivity contribution in [3.05, 3.63) is 0 Å². The van der Waals surface area contributed by atoms with E-state index in [1.54, 1.807) is 0 Å². The molecule has 4 heteroatoms. The molecule has 14 heavy (non-hydrogen) atoms. The van der Waals surface area contributed by atoms with E-state index in [0.29, 0.717) is 25.2 Å². The summed E-state index contributed by atoms with van der Waals surface area (Å²) in [5.74, 6) is 1.33. The molecule has 0 aromatic heterocycles. The quantitative estimate of drug-likeness (QED) is 0.376. The van der Waals surface area contributed by atoms with E-state index < -0.39 is 0 Å². The van der Waals surface area contributed by atoms with Crippen molar-refractivity contribution in [2.24, 2.45) is 16.6 Å². The highest BCUT2D eigenvalue weighted by Crippen LogP contribution is 2.28. The van der Waals surface area contributed by atoms with Gasteiger partial charge >= 0.3 is 0 Å². The second-order valence-electron chi connectivity index (χ2n) is 4.08. The van der Waals surface area contributed by atoms with E-state index in [-0.39, 0.29) is 0 Å². The van der Waals surface area contributed by atoms with Gasteiger partial charge in [-0.05, 0) is 32.6 Å². The Morgan fingerprint density at radius 2 is 2.29 bits per heavy atom. The molecule has 0 radical (unpaired) electrons. The van der Waals surface area contributed by atoms with Gasteiger partial charge in [-0.25, -0.2) is 0 Å². The van der Waals surface area contributed by atoms with Gasteiger partial charge in [0.25, 0.3) is 0 Å². The van der Waals surface area contributed by atoms with Gasteiger partial charge in [0.2, 0.25) is 0 Å². The Kier molecular flexibility index (Phi) is 4.73. The van der Waals surface area contributed by atoms with Crippen molar-refractivity contribution in [3.8, 4) is 0 Å². The molecule has 1 fully saturated rings. The van der Waals surface area contributed by atoms with E-state index >= 15 is 0 Å². The summed E-state index contributed by atoms with van der Waals surface area (Å²) >= 11 is 0. The molecular formula is C10H21N3O. The minimum absolute atomic E-state index is 0.339. The molecule has 0 bridgehead atoms. The highest BCUT2D eigenvalue weighted by atomic mass is 16.5. The summed E-state index contributed by atoms with van der Waals surface area (Å²) in [7, 11) is 0. The van der Waals surface area contributed by atoms with E-state index in [4.69, 9.17) is 10.5 Å². The Balaban J connectivity index is 1.94. The first kappa shape index (κ1) is 11.3. The number of ether oxygens (including phenoxy) is 1. The van der Waals surface area contributed by atoms with Gasteiger partial charge in [0.05, 0.1) is 13.2 Å². The predicted molar refractivity (Wildman–Crippen MR) is 58.3 cm³/mol. The average molecular weight is 199 g/mol. The van der Waals surface area contributed by atoms with Crippen LogP contribution in [0.2, 0.25) is 0 Å². The monoisotopic (exact) mass is 199 g/mol. The summed E-state index contributed by atoms with van der Waals surface area (Å²) in [6.45, 7) is 6.29. The van der Waals surface area contributed by atoms with Gasteiger partial charge in [-0.2, -0.15) is 0 Å². The third kappa shape index (κ3) is 5.80. The van der Waals surface area contributed by atoms with Gasteiger partial charge < -0.3 is 15.8 Å². The fourth-order valence-electron chi connectivity index (χ4n) is 1.11. The first-order chi connectivity index (χ1) is 6.68. The van der Waals surface area contributed by atoms with Crippen molar-refractivity contribution in [2.75, 3.05) is 19.8 Å². The van der Waals surface area contributed by atoms with Crippen molar-refractivity contribution >= 4 is 5.96 Å². The molecule has 4 nitrogen and oxygen atoms in total. The summed E-state index contributed by atoms with van der Waals surface area (Å²) in [4.78, 5) is 4.14. The minimum atomic E-state index is 0.339. The van der Waals surface area contributed by atoms with Gasteiger partial charge in [-0.15, -0.1) is 0 Å². The Labute approximate surface area is 85.9 Å². The second kappa shape index (κ2) is 5.86. The van der Waals surface area contributed by atoms with Gasteiger partial charge in [0, 0.05) is 12.6 Å². The van der Waals surface area contributed by atoms with Crippen LogP contribution in [-0.2, 0) is 4.74 Å². The second-order valence-corrected chi connectivity index (χ2v) is 4.08. The van der Waals surface area contributed by atoms with Gasteiger partial charge in [0.15, 0.2) is 5.96 Å². The molecule has 0 aliphatic heterocycles. The Hall–Kier alpha value is -0.770. The molecule has 0 amide bonds. The van der Waals surface area contributed by atoms with Crippen molar-refractivity contribution in [1.29, 1.82) is 0 Å². The molecule has 0 heterocycles. The molecule has 0 atom stereocenters. The van der Waals surface area contributed by atoms with E-state index in [1.165, 1.54) is 12.8 Å². The average Bonchev–Trinajstić information content (AvgIpc) is 2.86. The van der Waals surface area contributed by atoms with Crippen molar-refractivity contribution in [1.82, 2.24) is 5.32 Å². The van der Waals surface area contributed by atoms with E-state index in [9.17, 15) is 0 Å². The van der Waals surface area contributed by atoms with Crippen LogP contribution >= 0.6 is 0 Å². The number of nitrogens with zero attached hydrogens (tertiary/aromatic N) is 1. The maximum atomic E-state index is 5.61. The van der Waals surface area contributed by atoms with E-state index in [2.05, 4.69) is 10.3 Å². The van der Waals surface area contributed by atoms with Crippen molar-refractivity contribution in [2.45, 2.75) is 32.7 Å². The lowest BCUT2D eigenvalue weighted by Crippen LogP contribution is -2.37. The number of hydrogen-bond donors (Lipinski definition) is 2. The molecule has 0 aromatic carbocycles. The molecule has 0 unspecified atom stereocenters. The third-order valence-electron chi connectivity index (χ3n) is 2.00. The summed E-state index contributed by atoms with van der Waals surface area (Å²) < 4.78 is 5.42. The largest absolute Gasteiger partial charge is 0.379 e. The number of aliphatic imine (C=N–C) groups is 1. The van der Waals surface area contributed by atoms with Crippen LogP contribution in [0.25, 0.3) is 0 Å². The highest BCUT2D eigenvalue weighted by Gasteiger charge is 2.20. The van der Waals surface area contributed by atoms with Crippen LogP contribution in [0.15, 0.2) is 4.99 Å². The van der Waals surface area contributed by atoms with E-state index in [0.717, 1.165) is 12.5 Å². The molecular weight excluding hydrogens is 178 g/mol. The normalized spacial score (nSPS) is 17.5. The molecule has 1 rings (SSSR count). The zero-order chi connectivity index (χ0) is 10.4. The molecule has 0 saturated heterocycles. The zero-order valence-corrected chi connectivity index (χ0v) is 9.12. The van der Waals surface area contributed by atoms with Gasteiger partial charge in [-0.3, -0.25) is 4.99 Å². The molecule has 3 N–H and O–H groups in total. The topological polar surface area (TPSA) is 59.6 Å². The molecule has 1 aliphatic carbocycles. The summed E-state index contributed by atoms with van der Waals surface area (Å²) in [6, 6.07) is 0.339. The number of nitrogens with one attached hydrogen (secondary N) is 1. The summed E-state index contributed by atoms with van der Waals surface area (Å²) in [6.07, 6.45) is 2.67. The zero-order valence-electron chi connectivity index (χ0n) is 9.12. The lowest BCUT2D eigenvalue weighted by atomic mass is 10.4. The maximum absolute atomic E-state index is 5.61. The van der Waals surface area contributed by atoms with Crippen LogP contribution in [0.1, 0.15) is 26.7 Å². The summed E-state index contributed by atoms with van der Waals surface area (Å²) in [5.41, 5.74) is 5.61. The molecule has 82 valence electrons. The Morgan fingerprint density at radius 3 is 2.86 bits per heavy atom. The van der Waals surface area contributed by atoms with Crippen LogP contribution in [0.4, 0.5) is 0 Å². The smallest absolute Gasteiger partial charge is 0.188 e. The molecule has 1 aliphatic rings. The Morgan fingerprint density at radius 1 is 1.57 bits per heavy atom. The lowest BCUT2D eigenvalue weighted by Gasteiger charge is -2.08. The van der Waals surface area contributed by atoms with Gasteiger partial charge in [-0.1, -0.05) is 0 Å². The van der Waals surface area contributed by atoms with Gasteiger partial charge in [0.1, 0.15) is 0 Å². The number of guanidine groups is 1. The van der Waals surface area contributed by atoms with Crippen LogP contribution in [0, 0.1) is 5.92 Å². The number of nitrogens with two attached hydrogens (primary N) is 1. The first-order valence-electron chi connectivity index (χ1n) is 5.32. The van der Waals surface area contributed by atoms with Crippen LogP contribution in [0.3, 0.4) is 0 Å². The van der Waals surface area contributed by atoms with Crippen molar-refractivity contribution < 1.29 is 4.74 Å². The molecule has 1 saturated carbocycles. The molecule has 0 spiro atoms. The van der Waals surface area contributed by atoms with Crippen LogP contribution < -0.4 is 11.1 Å². The fraction of sp³-hybridized carbons (Fsp3) is 0.900. The number of hydrogen-bond acceptors (Lipinski definition) is 2. The third-order valence-corrected chi connectivity index (χ3v) is 2.00. The fourth-order valence-corrected chi connectivity index (χ4v) is 1.11. The Bertz CT molecular complexity index is 188. The van der Waals surface area contributed by atoms with E-state index in [1.807, 2.05) is 13.8 Å². The summed E-state index contributed by atoms with van der Waals surface area (Å²) in [5, 5.41) is 3.03. The SMILES string of the molecule is CC(C)NC(N)=NCCOCC1CC1. The molecule has 0 aromatic rings. The van der Waals surface area contributed by atoms with Crippen LogP contribution in [-0.4, -0.2) is 31.8 Å². The van der Waals surface area contributed by atoms with Crippen molar-refractivity contribution in [3.63, 3.8) is 0 Å². The standard InChI is InChI=1S/C10H21N3O/c1-8(2)13-10(11)12-5-6-14-7-9-3-4-9/h8-9H,3-7H2,1-2H3,(H3,11,12,13). The lowest BCUT2D eigenvalue weighted by molar-refractivity contribution is 0.132. The van der Waals surface area contributed by atoms with Crippen LogP contribution in [0.5, 0.6) is 0 Å². The predicted octanol–water partition coefficient (Wildman–Crippen LogP) is 0.726. The minimum Gasteiger partial charge on any atom is -0.379 e. The highest BCUT2D eigenvalue weighted by molar-refractivity contribution is 5.77. The first-order valence-corrected chi connectivity index (χ1v) is 5.32.